The molecule has 1 heterocycles. The SMILES string of the molecule is O=[SH](=O)c1ccc(NC(=S)N2CCC(C(O)(c3ccccc3)c3ccccc3)CC2)cc1. The Kier molecular flexibility index (Phi) is 6.89. The van der Waals surface area contributed by atoms with Gasteiger partial charge in [0.25, 0.3) is 0 Å². The summed E-state index contributed by atoms with van der Waals surface area (Å²) in [6.07, 6.45) is 1.58. The molecule has 1 fully saturated rings. The lowest BCUT2D eigenvalue weighted by Gasteiger charge is -2.43. The van der Waals surface area contributed by atoms with E-state index in [1.165, 1.54) is 0 Å². The van der Waals surface area contributed by atoms with Crippen molar-refractivity contribution in [2.75, 3.05) is 18.4 Å². The third-order valence-electron chi connectivity index (χ3n) is 6.13. The number of benzene rings is 3. The fourth-order valence-electron chi connectivity index (χ4n) is 4.39. The zero-order valence-corrected chi connectivity index (χ0v) is 19.3. The lowest BCUT2D eigenvalue weighted by molar-refractivity contribution is -0.00631. The molecule has 1 aliphatic heterocycles. The molecule has 166 valence electrons. The highest BCUT2D eigenvalue weighted by Gasteiger charge is 2.41. The van der Waals surface area contributed by atoms with Crippen LogP contribution in [0.4, 0.5) is 5.69 Å². The molecule has 0 saturated carbocycles. The Labute approximate surface area is 195 Å². The second kappa shape index (κ2) is 9.81. The molecular formula is C25H26N2O3S2. The minimum atomic E-state index is -2.59. The van der Waals surface area contributed by atoms with Crippen LogP contribution < -0.4 is 5.32 Å². The molecule has 1 saturated heterocycles. The topological polar surface area (TPSA) is 69.6 Å². The Hall–Kier alpha value is -2.74. The van der Waals surface area contributed by atoms with Crippen molar-refractivity contribution in [3.05, 3.63) is 96.1 Å². The molecule has 2 N–H and O–H groups in total. The number of rotatable bonds is 5. The number of aliphatic hydroxyl groups is 1. The van der Waals surface area contributed by atoms with Crippen molar-refractivity contribution in [2.24, 2.45) is 5.92 Å². The summed E-state index contributed by atoms with van der Waals surface area (Å²) < 4.78 is 22.1. The first-order valence-corrected chi connectivity index (χ1v) is 12.2. The molecule has 0 amide bonds. The van der Waals surface area contributed by atoms with Crippen LogP contribution in [-0.4, -0.2) is 36.6 Å². The number of hydrogen-bond donors (Lipinski definition) is 3. The van der Waals surface area contributed by atoms with E-state index >= 15 is 0 Å². The van der Waals surface area contributed by atoms with Gasteiger partial charge in [0.2, 0.25) is 0 Å². The maximum absolute atomic E-state index is 12.0. The summed E-state index contributed by atoms with van der Waals surface area (Å²) in [4.78, 5) is 2.38. The van der Waals surface area contributed by atoms with Crippen LogP contribution in [0.2, 0.25) is 0 Å². The largest absolute Gasteiger partial charge is 0.380 e. The van der Waals surface area contributed by atoms with Gasteiger partial charge < -0.3 is 15.3 Å². The van der Waals surface area contributed by atoms with Crippen LogP contribution in [-0.2, 0) is 16.3 Å². The highest BCUT2D eigenvalue weighted by atomic mass is 32.2. The molecule has 0 atom stereocenters. The van der Waals surface area contributed by atoms with E-state index in [9.17, 15) is 13.5 Å². The van der Waals surface area contributed by atoms with Gasteiger partial charge >= 0.3 is 0 Å². The van der Waals surface area contributed by atoms with Crippen molar-refractivity contribution in [3.8, 4) is 0 Å². The van der Waals surface area contributed by atoms with Gasteiger partial charge in [0.15, 0.2) is 15.8 Å². The zero-order valence-electron chi connectivity index (χ0n) is 17.6. The molecule has 0 spiro atoms. The summed E-state index contributed by atoms with van der Waals surface area (Å²) in [5.41, 5.74) is 1.50. The number of nitrogens with one attached hydrogen (secondary N) is 1. The second-order valence-corrected chi connectivity index (χ2v) is 9.41. The van der Waals surface area contributed by atoms with Crippen molar-refractivity contribution in [2.45, 2.75) is 23.3 Å². The maximum Gasteiger partial charge on any atom is 0.173 e. The third kappa shape index (κ3) is 4.70. The summed E-state index contributed by atoms with van der Waals surface area (Å²) in [5.74, 6) is 0.0546. The maximum atomic E-state index is 12.0. The molecule has 0 bridgehead atoms. The van der Waals surface area contributed by atoms with E-state index in [1.54, 1.807) is 24.3 Å². The Morgan fingerprint density at radius 3 is 1.84 bits per heavy atom. The highest BCUT2D eigenvalue weighted by Crippen LogP contribution is 2.41. The van der Waals surface area contributed by atoms with Gasteiger partial charge in [-0.05, 0) is 66.4 Å². The van der Waals surface area contributed by atoms with Gasteiger partial charge in [0.05, 0.1) is 4.90 Å². The minimum Gasteiger partial charge on any atom is -0.380 e. The van der Waals surface area contributed by atoms with Crippen molar-refractivity contribution in [3.63, 3.8) is 0 Å². The van der Waals surface area contributed by atoms with Gasteiger partial charge in [-0.15, -0.1) is 0 Å². The van der Waals surface area contributed by atoms with Crippen molar-refractivity contribution in [1.82, 2.24) is 4.90 Å². The number of thiol groups is 1. The second-order valence-electron chi connectivity index (χ2n) is 7.99. The summed E-state index contributed by atoms with van der Waals surface area (Å²) in [6, 6.07) is 26.3. The first-order valence-electron chi connectivity index (χ1n) is 10.6. The number of piperidine rings is 1. The molecule has 0 unspecified atom stereocenters. The average Bonchev–Trinajstić information content (AvgIpc) is 2.85. The van der Waals surface area contributed by atoms with Gasteiger partial charge in [-0.25, -0.2) is 8.42 Å². The summed E-state index contributed by atoms with van der Waals surface area (Å²) in [7, 11) is -2.59. The van der Waals surface area contributed by atoms with Gasteiger partial charge in [0.1, 0.15) is 5.60 Å². The summed E-state index contributed by atoms with van der Waals surface area (Å²) in [5, 5.41) is 15.8. The zero-order chi connectivity index (χ0) is 22.6. The Morgan fingerprint density at radius 1 is 0.875 bits per heavy atom. The predicted molar refractivity (Wildman–Crippen MR) is 131 cm³/mol. The first-order chi connectivity index (χ1) is 15.5. The van der Waals surface area contributed by atoms with Gasteiger partial charge in [-0.3, -0.25) is 0 Å². The standard InChI is InChI=1S/C25H26N2O3S2/c28-25(19-7-3-1-4-8-19,20-9-5-2-6-10-20)21-15-17-27(18-16-21)24(31)26-22-11-13-23(14-12-22)32(29)30/h1-14,21,28,32H,15-18H2,(H,26,31). The third-order valence-corrected chi connectivity index (χ3v) is 7.21. The number of thiocarbonyl (C=S) groups is 1. The molecule has 32 heavy (non-hydrogen) atoms. The van der Waals surface area contributed by atoms with Crippen LogP contribution in [0.15, 0.2) is 89.8 Å². The number of likely N-dealkylation sites (tertiary alicyclic amines) is 1. The monoisotopic (exact) mass is 466 g/mol. The van der Waals surface area contributed by atoms with E-state index < -0.39 is 16.3 Å². The van der Waals surface area contributed by atoms with E-state index in [0.29, 0.717) is 5.11 Å². The van der Waals surface area contributed by atoms with E-state index in [-0.39, 0.29) is 10.8 Å². The summed E-state index contributed by atoms with van der Waals surface area (Å²) in [6.45, 7) is 1.45. The Balaban J connectivity index is 1.47. The normalized spacial score (nSPS) is 15.0. The Morgan fingerprint density at radius 2 is 1.38 bits per heavy atom. The van der Waals surface area contributed by atoms with E-state index in [1.807, 2.05) is 60.7 Å². The van der Waals surface area contributed by atoms with E-state index in [2.05, 4.69) is 10.2 Å². The molecule has 3 aromatic rings. The van der Waals surface area contributed by atoms with Gasteiger partial charge in [-0.1, -0.05) is 60.7 Å². The lowest BCUT2D eigenvalue weighted by Crippen LogP contribution is -2.47. The molecule has 1 aliphatic rings. The fourth-order valence-corrected chi connectivity index (χ4v) is 5.08. The predicted octanol–water partition coefficient (Wildman–Crippen LogP) is 4.00. The number of nitrogens with zero attached hydrogens (tertiary/aromatic N) is 1. The quantitative estimate of drug-likeness (QED) is 0.390. The number of anilines is 1. The smallest absolute Gasteiger partial charge is 0.173 e. The molecular weight excluding hydrogens is 440 g/mol. The van der Waals surface area contributed by atoms with Gasteiger partial charge in [0, 0.05) is 18.8 Å². The van der Waals surface area contributed by atoms with Crippen LogP contribution in [0, 0.1) is 5.92 Å². The minimum absolute atomic E-state index is 0.0546. The lowest BCUT2D eigenvalue weighted by atomic mass is 9.72. The van der Waals surface area contributed by atoms with Crippen LogP contribution in [0.1, 0.15) is 24.0 Å². The molecule has 4 rings (SSSR count). The molecule has 5 nitrogen and oxygen atoms in total. The molecule has 0 aliphatic carbocycles. The van der Waals surface area contributed by atoms with Crippen LogP contribution in [0.3, 0.4) is 0 Å². The van der Waals surface area contributed by atoms with Crippen LogP contribution in [0.25, 0.3) is 0 Å². The molecule has 0 radical (unpaired) electrons. The van der Waals surface area contributed by atoms with E-state index in [0.717, 1.165) is 42.7 Å². The first kappa shape index (κ1) is 22.5. The average molecular weight is 467 g/mol. The van der Waals surface area contributed by atoms with Crippen LogP contribution in [0.5, 0.6) is 0 Å². The van der Waals surface area contributed by atoms with Crippen molar-refractivity contribution >= 4 is 33.7 Å². The summed E-state index contributed by atoms with van der Waals surface area (Å²) >= 11 is 5.59. The number of hydrogen-bond acceptors (Lipinski definition) is 4. The van der Waals surface area contributed by atoms with Crippen LogP contribution >= 0.6 is 12.2 Å². The van der Waals surface area contributed by atoms with Gasteiger partial charge in [-0.2, -0.15) is 0 Å². The fraction of sp³-hybridized carbons (Fsp3) is 0.240. The van der Waals surface area contributed by atoms with E-state index in [4.69, 9.17) is 12.2 Å². The van der Waals surface area contributed by atoms with Crippen molar-refractivity contribution < 1.29 is 13.5 Å². The van der Waals surface area contributed by atoms with Crippen molar-refractivity contribution in [1.29, 1.82) is 0 Å². The Bertz CT molecular complexity index is 1080. The highest BCUT2D eigenvalue weighted by molar-refractivity contribution is 7.80. The molecule has 0 aromatic heterocycles. The molecule has 7 heteroatoms. The molecule has 3 aromatic carbocycles.